The zero-order valence-corrected chi connectivity index (χ0v) is 16.8. The highest BCUT2D eigenvalue weighted by Gasteiger charge is 2.44. The Morgan fingerprint density at radius 2 is 1.94 bits per heavy atom. The summed E-state index contributed by atoms with van der Waals surface area (Å²) in [5.74, 6) is -1.62. The van der Waals surface area contributed by atoms with Gasteiger partial charge in [0.1, 0.15) is 5.69 Å². The number of amides is 1. The second-order valence-electron chi connectivity index (χ2n) is 7.30. The van der Waals surface area contributed by atoms with E-state index in [4.69, 9.17) is 19.2 Å². The number of piperidine rings is 1. The Labute approximate surface area is 175 Å². The van der Waals surface area contributed by atoms with E-state index in [1.54, 1.807) is 13.0 Å². The summed E-state index contributed by atoms with van der Waals surface area (Å²) >= 11 is 0. The number of carbonyl (C=O) groups is 2. The Bertz CT molecular complexity index is 949. The van der Waals surface area contributed by atoms with Crippen LogP contribution in [0.2, 0.25) is 0 Å². The maximum absolute atomic E-state index is 13.0. The molecule has 2 saturated heterocycles. The zero-order chi connectivity index (χ0) is 22.8. The van der Waals surface area contributed by atoms with Gasteiger partial charge in [0, 0.05) is 18.8 Å². The predicted molar refractivity (Wildman–Crippen MR) is 98.2 cm³/mol. The molecule has 9 nitrogen and oxygen atoms in total. The molecule has 2 aliphatic heterocycles. The summed E-state index contributed by atoms with van der Waals surface area (Å²) in [4.78, 5) is 32.5. The van der Waals surface area contributed by atoms with Crippen molar-refractivity contribution < 1.29 is 37.1 Å². The molecule has 1 N–H and O–H groups in total. The molecule has 4 rings (SSSR count). The van der Waals surface area contributed by atoms with Gasteiger partial charge in [0.25, 0.3) is 5.91 Å². The van der Waals surface area contributed by atoms with E-state index in [1.807, 2.05) is 24.0 Å². The number of likely N-dealkylation sites (tertiary alicyclic amines) is 1. The first-order chi connectivity index (χ1) is 14.6. The van der Waals surface area contributed by atoms with E-state index in [0.717, 1.165) is 18.5 Å². The molecular formula is C19H21F3N4O5. The molecule has 2 aromatic heterocycles. The van der Waals surface area contributed by atoms with Gasteiger partial charge in [-0.05, 0) is 38.8 Å². The number of ether oxygens (including phenoxy) is 1. The summed E-state index contributed by atoms with van der Waals surface area (Å²) in [6.45, 7) is 4.92. The minimum atomic E-state index is -5.08. The van der Waals surface area contributed by atoms with Crippen molar-refractivity contribution in [1.29, 1.82) is 0 Å². The second kappa shape index (κ2) is 9.00. The number of hydrogen-bond acceptors (Lipinski definition) is 7. The first kappa shape index (κ1) is 22.7. The standard InChI is InChI=1S/C17H20N4O3.C2HF3O2/c1-10-4-3-5-13(18-10)17(22)21-9-12(16-19-11(2)20-24-16)8-15-14(21)6-7-23-15;3-2(4,5)1(6)7/h3-5,12,14-15H,6-9H2,1-2H3;(H,6,7)/t12-,14-,15-;/m1./s1. The number of carbonyl (C=O) groups excluding carboxylic acids is 1. The fraction of sp³-hybridized carbons (Fsp3) is 0.526. The molecule has 2 fully saturated rings. The number of aromatic nitrogens is 3. The van der Waals surface area contributed by atoms with Crippen molar-refractivity contribution in [2.24, 2.45) is 0 Å². The van der Waals surface area contributed by atoms with Gasteiger partial charge >= 0.3 is 12.1 Å². The van der Waals surface area contributed by atoms with E-state index in [0.29, 0.717) is 30.6 Å². The van der Waals surface area contributed by atoms with E-state index in [-0.39, 0.29) is 24.0 Å². The highest BCUT2D eigenvalue weighted by molar-refractivity contribution is 5.92. The van der Waals surface area contributed by atoms with Crippen molar-refractivity contribution in [2.45, 2.75) is 50.9 Å². The number of halogens is 3. The molecule has 4 heterocycles. The average Bonchev–Trinajstić information content (AvgIpc) is 3.35. The van der Waals surface area contributed by atoms with Crippen molar-refractivity contribution in [3.63, 3.8) is 0 Å². The molecule has 0 unspecified atom stereocenters. The van der Waals surface area contributed by atoms with Crippen molar-refractivity contribution in [2.75, 3.05) is 13.2 Å². The maximum Gasteiger partial charge on any atom is 0.490 e. The van der Waals surface area contributed by atoms with Crippen molar-refractivity contribution in [1.82, 2.24) is 20.0 Å². The number of fused-ring (bicyclic) bond motifs is 1. The first-order valence-corrected chi connectivity index (χ1v) is 9.52. The van der Waals surface area contributed by atoms with Gasteiger partial charge in [-0.3, -0.25) is 4.79 Å². The molecule has 31 heavy (non-hydrogen) atoms. The molecule has 0 saturated carbocycles. The lowest BCUT2D eigenvalue weighted by Crippen LogP contribution is -2.51. The Morgan fingerprint density at radius 3 is 2.52 bits per heavy atom. The van der Waals surface area contributed by atoms with Gasteiger partial charge < -0.3 is 19.3 Å². The third-order valence-corrected chi connectivity index (χ3v) is 5.01. The van der Waals surface area contributed by atoms with Crippen molar-refractivity contribution in [3.05, 3.63) is 41.3 Å². The maximum atomic E-state index is 13.0. The number of hydrogen-bond donors (Lipinski definition) is 1. The van der Waals surface area contributed by atoms with Crippen LogP contribution in [0.5, 0.6) is 0 Å². The largest absolute Gasteiger partial charge is 0.490 e. The molecule has 3 atom stereocenters. The number of rotatable bonds is 2. The molecule has 0 spiro atoms. The molecule has 0 aromatic carbocycles. The lowest BCUT2D eigenvalue weighted by Gasteiger charge is -2.39. The number of aryl methyl sites for hydroxylation is 2. The van der Waals surface area contributed by atoms with Gasteiger partial charge in [0.15, 0.2) is 5.82 Å². The minimum Gasteiger partial charge on any atom is -0.475 e. The quantitative estimate of drug-likeness (QED) is 0.754. The topological polar surface area (TPSA) is 119 Å². The predicted octanol–water partition coefficient (Wildman–Crippen LogP) is 2.50. The fourth-order valence-electron chi connectivity index (χ4n) is 3.65. The van der Waals surface area contributed by atoms with E-state index in [9.17, 15) is 18.0 Å². The molecule has 2 aliphatic rings. The second-order valence-corrected chi connectivity index (χ2v) is 7.30. The van der Waals surface area contributed by atoms with E-state index < -0.39 is 12.1 Å². The zero-order valence-electron chi connectivity index (χ0n) is 16.8. The van der Waals surface area contributed by atoms with Gasteiger partial charge in [-0.15, -0.1) is 0 Å². The van der Waals surface area contributed by atoms with Crippen LogP contribution in [-0.2, 0) is 9.53 Å². The van der Waals surface area contributed by atoms with Crippen LogP contribution in [0, 0.1) is 13.8 Å². The fourth-order valence-corrected chi connectivity index (χ4v) is 3.65. The molecule has 12 heteroatoms. The normalized spacial score (nSPS) is 23.0. The third kappa shape index (κ3) is 5.37. The summed E-state index contributed by atoms with van der Waals surface area (Å²) in [6, 6.07) is 5.61. The molecular weight excluding hydrogens is 421 g/mol. The van der Waals surface area contributed by atoms with Crippen LogP contribution >= 0.6 is 0 Å². The summed E-state index contributed by atoms with van der Waals surface area (Å²) < 4.78 is 42.9. The number of carboxylic acids is 1. The van der Waals surface area contributed by atoms with Gasteiger partial charge in [-0.1, -0.05) is 11.2 Å². The molecule has 0 radical (unpaired) electrons. The summed E-state index contributed by atoms with van der Waals surface area (Å²) in [6.07, 6.45) is -3.40. The van der Waals surface area contributed by atoms with Crippen LogP contribution in [0.4, 0.5) is 13.2 Å². The van der Waals surface area contributed by atoms with Crippen LogP contribution in [0.25, 0.3) is 0 Å². The highest BCUT2D eigenvalue weighted by atomic mass is 19.4. The van der Waals surface area contributed by atoms with E-state index >= 15 is 0 Å². The minimum absolute atomic E-state index is 0.000640. The number of nitrogens with zero attached hydrogens (tertiary/aromatic N) is 4. The summed E-state index contributed by atoms with van der Waals surface area (Å²) in [5, 5.41) is 11.0. The lowest BCUT2D eigenvalue weighted by atomic mass is 9.89. The van der Waals surface area contributed by atoms with E-state index in [1.165, 1.54) is 0 Å². The Morgan fingerprint density at radius 1 is 1.23 bits per heavy atom. The SMILES string of the molecule is Cc1cccc(C(=O)N2C[C@H](c3nc(C)no3)C[C@H]3OCC[C@H]32)n1.O=C(O)C(F)(F)F. The van der Waals surface area contributed by atoms with Crippen molar-refractivity contribution in [3.8, 4) is 0 Å². The molecule has 1 amide bonds. The first-order valence-electron chi connectivity index (χ1n) is 9.52. The molecule has 0 bridgehead atoms. The van der Waals surface area contributed by atoms with Gasteiger partial charge in [0.05, 0.1) is 18.1 Å². The van der Waals surface area contributed by atoms with E-state index in [2.05, 4.69) is 15.1 Å². The van der Waals surface area contributed by atoms with Gasteiger partial charge in [0.2, 0.25) is 5.89 Å². The summed E-state index contributed by atoms with van der Waals surface area (Å²) in [7, 11) is 0. The van der Waals surface area contributed by atoms with Crippen molar-refractivity contribution >= 4 is 11.9 Å². The smallest absolute Gasteiger partial charge is 0.475 e. The Hall–Kier alpha value is -3.02. The summed E-state index contributed by atoms with van der Waals surface area (Å²) in [5.41, 5.74) is 1.31. The monoisotopic (exact) mass is 442 g/mol. The lowest BCUT2D eigenvalue weighted by molar-refractivity contribution is -0.192. The molecule has 168 valence electrons. The average molecular weight is 442 g/mol. The van der Waals surface area contributed by atoms with Crippen LogP contribution in [0.1, 0.15) is 46.7 Å². The number of aliphatic carboxylic acids is 1. The van der Waals surface area contributed by atoms with Crippen LogP contribution in [0.3, 0.4) is 0 Å². The number of carboxylic acid groups (broad SMARTS) is 1. The van der Waals surface area contributed by atoms with Crippen LogP contribution in [-0.4, -0.2) is 68.5 Å². The Balaban J connectivity index is 0.000000339. The number of alkyl halides is 3. The Kier molecular flexibility index (Phi) is 6.58. The van der Waals surface area contributed by atoms with Gasteiger partial charge in [-0.25, -0.2) is 9.78 Å². The highest BCUT2D eigenvalue weighted by Crippen LogP contribution is 2.36. The number of pyridine rings is 1. The molecule has 0 aliphatic carbocycles. The van der Waals surface area contributed by atoms with Crippen LogP contribution < -0.4 is 0 Å². The molecule has 2 aromatic rings. The van der Waals surface area contributed by atoms with Crippen LogP contribution in [0.15, 0.2) is 22.7 Å². The van der Waals surface area contributed by atoms with Gasteiger partial charge in [-0.2, -0.15) is 18.2 Å². The third-order valence-electron chi connectivity index (χ3n) is 5.01.